The molecule has 7 heteroatoms. The van der Waals surface area contributed by atoms with Crippen molar-refractivity contribution < 1.29 is 9.72 Å². The van der Waals surface area contributed by atoms with Gasteiger partial charge in [-0.1, -0.05) is 6.07 Å². The van der Waals surface area contributed by atoms with Gasteiger partial charge in [-0.05, 0) is 18.6 Å². The first kappa shape index (κ1) is 12.7. The predicted octanol–water partition coefficient (Wildman–Crippen LogP) is 1.89. The van der Waals surface area contributed by atoms with Crippen LogP contribution >= 0.6 is 0 Å². The average molecular weight is 260 g/mol. The van der Waals surface area contributed by atoms with Crippen LogP contribution in [0.4, 0.5) is 11.5 Å². The van der Waals surface area contributed by atoms with Crippen LogP contribution in [0.15, 0.2) is 30.6 Å². The molecule has 0 spiro atoms. The standard InChI is InChI=1S/C12H12N4O3/c1-8-4-3-5-13-11(8)14-12(17)10-6-9(16(18)19)7-15(10)2/h3-7H,1-2H3,(H,13,14,17). The van der Waals surface area contributed by atoms with Gasteiger partial charge in [0, 0.05) is 19.3 Å². The van der Waals surface area contributed by atoms with Gasteiger partial charge in [0.1, 0.15) is 11.5 Å². The highest BCUT2D eigenvalue weighted by Crippen LogP contribution is 2.17. The highest BCUT2D eigenvalue weighted by Gasteiger charge is 2.18. The van der Waals surface area contributed by atoms with Gasteiger partial charge in [0.15, 0.2) is 0 Å². The van der Waals surface area contributed by atoms with Gasteiger partial charge in [0.25, 0.3) is 11.6 Å². The molecule has 0 aromatic carbocycles. The number of nitro groups is 1. The summed E-state index contributed by atoms with van der Waals surface area (Å²) in [6, 6.07) is 4.81. The average Bonchev–Trinajstić information content (AvgIpc) is 2.74. The highest BCUT2D eigenvalue weighted by atomic mass is 16.6. The van der Waals surface area contributed by atoms with E-state index in [1.807, 2.05) is 13.0 Å². The van der Waals surface area contributed by atoms with Gasteiger partial charge >= 0.3 is 0 Å². The van der Waals surface area contributed by atoms with E-state index < -0.39 is 10.8 Å². The van der Waals surface area contributed by atoms with E-state index in [0.29, 0.717) is 5.82 Å². The summed E-state index contributed by atoms with van der Waals surface area (Å²) in [7, 11) is 1.58. The monoisotopic (exact) mass is 260 g/mol. The van der Waals surface area contributed by atoms with Gasteiger partial charge in [0.05, 0.1) is 11.1 Å². The molecule has 0 unspecified atom stereocenters. The minimum atomic E-state index is -0.539. The third kappa shape index (κ3) is 2.59. The number of nitrogens with one attached hydrogen (secondary N) is 1. The molecule has 1 N–H and O–H groups in total. The van der Waals surface area contributed by atoms with Crippen molar-refractivity contribution in [3.63, 3.8) is 0 Å². The molecule has 0 aliphatic carbocycles. The predicted molar refractivity (Wildman–Crippen MR) is 69.0 cm³/mol. The third-order valence-electron chi connectivity index (χ3n) is 2.68. The van der Waals surface area contributed by atoms with Gasteiger partial charge in [-0.15, -0.1) is 0 Å². The van der Waals surface area contributed by atoms with Crippen molar-refractivity contribution >= 4 is 17.4 Å². The summed E-state index contributed by atoms with van der Waals surface area (Å²) in [4.78, 5) is 26.2. The van der Waals surface area contributed by atoms with E-state index in [2.05, 4.69) is 10.3 Å². The van der Waals surface area contributed by atoms with Crippen LogP contribution in [-0.4, -0.2) is 20.4 Å². The summed E-state index contributed by atoms with van der Waals surface area (Å²) < 4.78 is 1.41. The molecule has 0 saturated heterocycles. The van der Waals surface area contributed by atoms with Crippen molar-refractivity contribution in [2.24, 2.45) is 7.05 Å². The van der Waals surface area contributed by atoms with E-state index in [9.17, 15) is 14.9 Å². The Balaban J connectivity index is 2.26. The smallest absolute Gasteiger partial charge is 0.287 e. The maximum Gasteiger partial charge on any atom is 0.287 e. The van der Waals surface area contributed by atoms with Gasteiger partial charge in [0.2, 0.25) is 0 Å². The molecule has 7 nitrogen and oxygen atoms in total. The van der Waals surface area contributed by atoms with Crippen molar-refractivity contribution in [1.82, 2.24) is 9.55 Å². The summed E-state index contributed by atoms with van der Waals surface area (Å²) in [5.74, 6) is 0.00810. The Morgan fingerprint density at radius 2 is 2.26 bits per heavy atom. The molecule has 2 aromatic rings. The zero-order valence-electron chi connectivity index (χ0n) is 10.5. The molecule has 2 heterocycles. The van der Waals surface area contributed by atoms with Crippen LogP contribution in [0, 0.1) is 17.0 Å². The van der Waals surface area contributed by atoms with Gasteiger partial charge in [-0.25, -0.2) is 4.98 Å². The zero-order valence-corrected chi connectivity index (χ0v) is 10.5. The van der Waals surface area contributed by atoms with Crippen molar-refractivity contribution in [1.29, 1.82) is 0 Å². The van der Waals surface area contributed by atoms with Crippen LogP contribution in [-0.2, 0) is 7.05 Å². The Bertz CT molecular complexity index is 648. The number of amides is 1. The minimum absolute atomic E-state index is 0.120. The first-order chi connectivity index (χ1) is 8.99. The molecule has 0 atom stereocenters. The molecule has 19 heavy (non-hydrogen) atoms. The Hall–Kier alpha value is -2.70. The first-order valence-electron chi connectivity index (χ1n) is 5.53. The van der Waals surface area contributed by atoms with Gasteiger partial charge < -0.3 is 9.88 Å². The number of rotatable bonds is 3. The number of hydrogen-bond donors (Lipinski definition) is 1. The Morgan fingerprint density at radius 3 is 2.84 bits per heavy atom. The summed E-state index contributed by atoms with van der Waals surface area (Å²) >= 11 is 0. The lowest BCUT2D eigenvalue weighted by molar-refractivity contribution is -0.384. The van der Waals surface area contributed by atoms with Crippen LogP contribution < -0.4 is 5.32 Å². The number of aryl methyl sites for hydroxylation is 2. The fraction of sp³-hybridized carbons (Fsp3) is 0.167. The van der Waals surface area contributed by atoms with Crippen LogP contribution in [0.3, 0.4) is 0 Å². The van der Waals surface area contributed by atoms with Crippen LogP contribution in [0.2, 0.25) is 0 Å². The van der Waals surface area contributed by atoms with Crippen LogP contribution in [0.25, 0.3) is 0 Å². The summed E-state index contributed by atoms with van der Waals surface area (Å²) in [6.45, 7) is 1.82. The van der Waals surface area contributed by atoms with Crippen molar-refractivity contribution in [2.75, 3.05) is 5.32 Å². The van der Waals surface area contributed by atoms with E-state index in [4.69, 9.17) is 0 Å². The Kier molecular flexibility index (Phi) is 3.28. The largest absolute Gasteiger partial charge is 0.340 e. The van der Waals surface area contributed by atoms with Crippen molar-refractivity contribution in [2.45, 2.75) is 6.92 Å². The Labute approximate surface area is 109 Å². The maximum atomic E-state index is 12.0. The molecule has 0 aliphatic rings. The molecular formula is C12H12N4O3. The van der Waals surface area contributed by atoms with E-state index in [1.54, 1.807) is 19.3 Å². The summed E-state index contributed by atoms with van der Waals surface area (Å²) in [5, 5.41) is 13.3. The van der Waals surface area contributed by atoms with E-state index in [-0.39, 0.29) is 11.4 Å². The summed E-state index contributed by atoms with van der Waals surface area (Å²) in [6.07, 6.45) is 2.86. The molecular weight excluding hydrogens is 248 g/mol. The molecule has 1 amide bonds. The second-order valence-electron chi connectivity index (χ2n) is 4.07. The van der Waals surface area contributed by atoms with Gasteiger partial charge in [-0.2, -0.15) is 0 Å². The number of nitrogens with zero attached hydrogens (tertiary/aromatic N) is 3. The van der Waals surface area contributed by atoms with Crippen LogP contribution in [0.1, 0.15) is 16.1 Å². The number of carbonyl (C=O) groups excluding carboxylic acids is 1. The molecule has 0 radical (unpaired) electrons. The Morgan fingerprint density at radius 1 is 1.53 bits per heavy atom. The second kappa shape index (κ2) is 4.89. The number of anilines is 1. The summed E-state index contributed by atoms with van der Waals surface area (Å²) in [5.41, 5.74) is 0.904. The molecule has 2 aromatic heterocycles. The number of aromatic nitrogens is 2. The molecule has 2 rings (SSSR count). The lowest BCUT2D eigenvalue weighted by Gasteiger charge is -2.06. The number of pyridine rings is 1. The molecule has 0 aliphatic heterocycles. The number of hydrogen-bond acceptors (Lipinski definition) is 4. The zero-order chi connectivity index (χ0) is 14.0. The fourth-order valence-electron chi connectivity index (χ4n) is 1.66. The minimum Gasteiger partial charge on any atom is -0.340 e. The highest BCUT2D eigenvalue weighted by molar-refractivity contribution is 6.03. The van der Waals surface area contributed by atoms with Crippen LogP contribution in [0.5, 0.6) is 0 Å². The van der Waals surface area contributed by atoms with Crippen molar-refractivity contribution in [3.8, 4) is 0 Å². The van der Waals surface area contributed by atoms with Gasteiger partial charge in [-0.3, -0.25) is 14.9 Å². The molecule has 0 fully saturated rings. The van der Waals surface area contributed by atoms with E-state index in [1.165, 1.54) is 16.8 Å². The fourth-order valence-corrected chi connectivity index (χ4v) is 1.66. The normalized spacial score (nSPS) is 10.2. The second-order valence-corrected chi connectivity index (χ2v) is 4.07. The number of carbonyl (C=O) groups is 1. The van der Waals surface area contributed by atoms with E-state index >= 15 is 0 Å². The maximum absolute atomic E-state index is 12.0. The molecule has 0 bridgehead atoms. The van der Waals surface area contributed by atoms with Crippen molar-refractivity contribution in [3.05, 3.63) is 52.0 Å². The lowest BCUT2D eigenvalue weighted by atomic mass is 10.3. The quantitative estimate of drug-likeness (QED) is 0.674. The van der Waals surface area contributed by atoms with E-state index in [0.717, 1.165) is 5.56 Å². The molecule has 98 valence electrons. The SMILES string of the molecule is Cc1cccnc1NC(=O)c1cc([N+](=O)[O-])cn1C. The lowest BCUT2D eigenvalue weighted by Crippen LogP contribution is -2.16. The third-order valence-corrected chi connectivity index (χ3v) is 2.68. The topological polar surface area (TPSA) is 90.1 Å². The first-order valence-corrected chi connectivity index (χ1v) is 5.53. The molecule has 0 saturated carbocycles.